The van der Waals surface area contributed by atoms with Crippen LogP contribution in [0.25, 0.3) is 0 Å². The first-order valence-electron chi connectivity index (χ1n) is 8.73. The zero-order valence-corrected chi connectivity index (χ0v) is 14.8. The Morgan fingerprint density at radius 2 is 1.61 bits per heavy atom. The van der Waals surface area contributed by atoms with Crippen molar-refractivity contribution in [2.75, 3.05) is 18.5 Å². The van der Waals surface area contributed by atoms with E-state index in [-0.39, 0.29) is 30.2 Å². The molecule has 0 saturated heterocycles. The summed E-state index contributed by atoms with van der Waals surface area (Å²) in [7, 11) is 0. The molecule has 28 heavy (non-hydrogen) atoms. The van der Waals surface area contributed by atoms with Gasteiger partial charge in [-0.15, -0.1) is 0 Å². The third kappa shape index (κ3) is 5.03. The number of ketones is 1. The molecule has 1 aliphatic rings. The molecular weight excluding hydrogens is 375 g/mol. The number of carbonyl (C=O) groups excluding carboxylic acids is 2. The molecule has 0 aromatic heterocycles. The molecule has 148 valence electrons. The van der Waals surface area contributed by atoms with Gasteiger partial charge in [0, 0.05) is 24.1 Å². The fraction of sp³-hybridized carbons (Fsp3) is 0.300. The van der Waals surface area contributed by atoms with E-state index < -0.39 is 11.7 Å². The van der Waals surface area contributed by atoms with Crippen molar-refractivity contribution >= 4 is 17.4 Å². The van der Waals surface area contributed by atoms with Gasteiger partial charge in [-0.05, 0) is 48.9 Å². The molecule has 0 atom stereocenters. The predicted octanol–water partition coefficient (Wildman–Crippen LogP) is 4.47. The van der Waals surface area contributed by atoms with E-state index in [4.69, 9.17) is 9.47 Å². The van der Waals surface area contributed by atoms with Crippen molar-refractivity contribution in [1.82, 2.24) is 0 Å². The number of carbonyl (C=O) groups is 2. The molecule has 0 aliphatic carbocycles. The molecule has 0 spiro atoms. The number of benzene rings is 2. The molecule has 0 saturated carbocycles. The molecule has 0 bridgehead atoms. The number of nitrogens with one attached hydrogen (secondary N) is 1. The Morgan fingerprint density at radius 3 is 2.29 bits per heavy atom. The summed E-state index contributed by atoms with van der Waals surface area (Å²) in [5.74, 6) is 0.630. The average molecular weight is 393 g/mol. The molecule has 0 unspecified atom stereocenters. The van der Waals surface area contributed by atoms with E-state index >= 15 is 0 Å². The molecule has 1 amide bonds. The Balaban J connectivity index is 1.46. The lowest BCUT2D eigenvalue weighted by atomic mass is 10.0. The minimum Gasteiger partial charge on any atom is -0.486 e. The van der Waals surface area contributed by atoms with Gasteiger partial charge >= 0.3 is 6.18 Å². The molecule has 8 heteroatoms. The van der Waals surface area contributed by atoms with Gasteiger partial charge in [0.2, 0.25) is 5.91 Å². The highest BCUT2D eigenvalue weighted by molar-refractivity contribution is 5.97. The normalized spacial score (nSPS) is 13.1. The number of hydrogen-bond donors (Lipinski definition) is 1. The van der Waals surface area contributed by atoms with Gasteiger partial charge in [0.05, 0.1) is 5.56 Å². The van der Waals surface area contributed by atoms with Crippen molar-refractivity contribution in [3.63, 3.8) is 0 Å². The molecule has 0 fully saturated rings. The number of alkyl halides is 3. The van der Waals surface area contributed by atoms with E-state index in [0.29, 0.717) is 36.7 Å². The second kappa shape index (κ2) is 8.33. The molecule has 1 N–H and O–H groups in total. The van der Waals surface area contributed by atoms with Crippen molar-refractivity contribution in [2.45, 2.75) is 25.4 Å². The van der Waals surface area contributed by atoms with Gasteiger partial charge in [0.15, 0.2) is 17.3 Å². The standard InChI is InChI=1S/C20H18F3NO4/c21-20(22,23)14-5-7-15(8-6-14)24-19(26)3-1-2-16(25)13-4-9-17-18(12-13)28-11-10-27-17/h4-9,12H,1-3,10-11H2,(H,24,26). The first kappa shape index (κ1) is 19.7. The van der Waals surface area contributed by atoms with Gasteiger partial charge in [-0.25, -0.2) is 0 Å². The quantitative estimate of drug-likeness (QED) is 0.736. The summed E-state index contributed by atoms with van der Waals surface area (Å²) in [4.78, 5) is 24.2. The Bertz CT molecular complexity index is 863. The lowest BCUT2D eigenvalue weighted by molar-refractivity contribution is -0.137. The van der Waals surface area contributed by atoms with Crippen LogP contribution in [0.15, 0.2) is 42.5 Å². The second-order valence-corrected chi connectivity index (χ2v) is 6.26. The van der Waals surface area contributed by atoms with E-state index in [1.165, 1.54) is 12.1 Å². The number of amides is 1. The number of fused-ring (bicyclic) bond motifs is 1. The van der Waals surface area contributed by atoms with Gasteiger partial charge < -0.3 is 14.8 Å². The number of hydrogen-bond acceptors (Lipinski definition) is 4. The second-order valence-electron chi connectivity index (χ2n) is 6.26. The highest BCUT2D eigenvalue weighted by Crippen LogP contribution is 2.31. The van der Waals surface area contributed by atoms with Crippen LogP contribution in [0.1, 0.15) is 35.2 Å². The lowest BCUT2D eigenvalue weighted by Gasteiger charge is -2.18. The van der Waals surface area contributed by atoms with Crippen LogP contribution in [-0.2, 0) is 11.0 Å². The minimum atomic E-state index is -4.42. The van der Waals surface area contributed by atoms with Crippen LogP contribution in [0.5, 0.6) is 11.5 Å². The van der Waals surface area contributed by atoms with Crippen LogP contribution < -0.4 is 14.8 Å². The van der Waals surface area contributed by atoms with Crippen LogP contribution >= 0.6 is 0 Å². The summed E-state index contributed by atoms with van der Waals surface area (Å²) >= 11 is 0. The van der Waals surface area contributed by atoms with E-state index in [9.17, 15) is 22.8 Å². The monoisotopic (exact) mass is 393 g/mol. The van der Waals surface area contributed by atoms with E-state index in [1.54, 1.807) is 18.2 Å². The molecule has 2 aromatic carbocycles. The first-order chi connectivity index (χ1) is 13.3. The number of rotatable bonds is 6. The summed E-state index contributed by atoms with van der Waals surface area (Å²) in [6.45, 7) is 0.892. The van der Waals surface area contributed by atoms with Crippen molar-refractivity contribution in [2.24, 2.45) is 0 Å². The Labute approximate surface area is 159 Å². The van der Waals surface area contributed by atoms with Gasteiger partial charge in [-0.2, -0.15) is 13.2 Å². The lowest BCUT2D eigenvalue weighted by Crippen LogP contribution is -2.16. The molecule has 1 aliphatic heterocycles. The number of ether oxygens (including phenoxy) is 2. The summed E-state index contributed by atoms with van der Waals surface area (Å²) < 4.78 is 48.4. The maximum atomic E-state index is 12.5. The Hall–Kier alpha value is -3.03. The van der Waals surface area contributed by atoms with Crippen molar-refractivity contribution in [3.8, 4) is 11.5 Å². The van der Waals surface area contributed by atoms with Crippen LogP contribution in [0, 0.1) is 0 Å². The van der Waals surface area contributed by atoms with Gasteiger partial charge in [-0.1, -0.05) is 0 Å². The van der Waals surface area contributed by atoms with Gasteiger partial charge in [0.1, 0.15) is 13.2 Å². The zero-order valence-electron chi connectivity index (χ0n) is 14.8. The molecule has 1 heterocycles. The van der Waals surface area contributed by atoms with Crippen molar-refractivity contribution in [1.29, 1.82) is 0 Å². The summed E-state index contributed by atoms with van der Waals surface area (Å²) in [6, 6.07) is 9.15. The SMILES string of the molecule is O=C(CCCC(=O)c1ccc2c(c1)OCCO2)Nc1ccc(C(F)(F)F)cc1. The largest absolute Gasteiger partial charge is 0.486 e. The summed E-state index contributed by atoms with van der Waals surface area (Å²) in [5.41, 5.74) is -0.0286. The Kier molecular flexibility index (Phi) is 5.87. The molecular formula is C20H18F3NO4. The predicted molar refractivity (Wildman–Crippen MR) is 95.7 cm³/mol. The number of Topliss-reactive ketones (excluding diaryl/α,β-unsaturated/α-hetero) is 1. The average Bonchev–Trinajstić information content (AvgIpc) is 2.67. The van der Waals surface area contributed by atoms with E-state index in [1.807, 2.05) is 0 Å². The molecule has 0 radical (unpaired) electrons. The van der Waals surface area contributed by atoms with Crippen LogP contribution in [0.2, 0.25) is 0 Å². The highest BCUT2D eigenvalue weighted by Gasteiger charge is 2.30. The zero-order chi connectivity index (χ0) is 20.1. The highest BCUT2D eigenvalue weighted by atomic mass is 19.4. The van der Waals surface area contributed by atoms with E-state index in [2.05, 4.69) is 5.32 Å². The fourth-order valence-electron chi connectivity index (χ4n) is 2.74. The molecule has 2 aromatic rings. The summed E-state index contributed by atoms with van der Waals surface area (Å²) in [6.07, 6.45) is -3.85. The van der Waals surface area contributed by atoms with Gasteiger partial charge in [0.25, 0.3) is 0 Å². The summed E-state index contributed by atoms with van der Waals surface area (Å²) in [5, 5.41) is 2.52. The van der Waals surface area contributed by atoms with Crippen LogP contribution in [-0.4, -0.2) is 24.9 Å². The van der Waals surface area contributed by atoms with Crippen LogP contribution in [0.3, 0.4) is 0 Å². The molecule has 3 rings (SSSR count). The Morgan fingerprint density at radius 1 is 0.929 bits per heavy atom. The topological polar surface area (TPSA) is 64.6 Å². The van der Waals surface area contributed by atoms with E-state index in [0.717, 1.165) is 12.1 Å². The fourth-order valence-corrected chi connectivity index (χ4v) is 2.74. The number of anilines is 1. The maximum absolute atomic E-state index is 12.5. The smallest absolute Gasteiger partial charge is 0.416 e. The van der Waals surface area contributed by atoms with Crippen molar-refractivity contribution in [3.05, 3.63) is 53.6 Å². The molecule has 5 nitrogen and oxygen atoms in total. The van der Waals surface area contributed by atoms with Crippen LogP contribution in [0.4, 0.5) is 18.9 Å². The minimum absolute atomic E-state index is 0.0807. The third-order valence-electron chi connectivity index (χ3n) is 4.17. The van der Waals surface area contributed by atoms with Gasteiger partial charge in [-0.3, -0.25) is 9.59 Å². The first-order valence-corrected chi connectivity index (χ1v) is 8.73. The third-order valence-corrected chi connectivity index (χ3v) is 4.17. The number of halogens is 3. The van der Waals surface area contributed by atoms with Crippen molar-refractivity contribution < 1.29 is 32.2 Å². The maximum Gasteiger partial charge on any atom is 0.416 e.